The first-order chi connectivity index (χ1) is 8.69. The number of rotatable bonds is 4. The number of aryl methyl sites for hydroxylation is 1. The minimum atomic E-state index is -0.246. The van der Waals surface area contributed by atoms with Gasteiger partial charge in [0.15, 0.2) is 0 Å². The number of fused-ring (bicyclic) bond motifs is 1. The van der Waals surface area contributed by atoms with Crippen LogP contribution >= 0.6 is 0 Å². The van der Waals surface area contributed by atoms with Crippen LogP contribution in [-0.4, -0.2) is 18.1 Å². The number of ether oxygens (including phenoxy) is 1. The van der Waals surface area contributed by atoms with Crippen LogP contribution in [0.15, 0.2) is 24.3 Å². The molecule has 0 radical (unpaired) electrons. The van der Waals surface area contributed by atoms with E-state index >= 15 is 0 Å². The van der Waals surface area contributed by atoms with E-state index in [2.05, 4.69) is 18.0 Å². The maximum atomic E-state index is 11.7. The molecule has 0 aliphatic carbocycles. The first kappa shape index (κ1) is 12.7. The van der Waals surface area contributed by atoms with Gasteiger partial charge in [0.25, 0.3) is 0 Å². The summed E-state index contributed by atoms with van der Waals surface area (Å²) in [4.78, 5) is 15.1. The quantitative estimate of drug-likeness (QED) is 0.839. The number of carbonyl (C=O) groups is 1. The zero-order valence-corrected chi connectivity index (χ0v) is 11.1. The van der Waals surface area contributed by atoms with E-state index in [4.69, 9.17) is 4.74 Å². The molecule has 0 bridgehead atoms. The number of benzene rings is 1. The summed E-state index contributed by atoms with van der Waals surface area (Å²) in [7, 11) is 1.43. The first-order valence-corrected chi connectivity index (χ1v) is 6.36. The molecule has 1 aromatic heterocycles. The molecule has 18 heavy (non-hydrogen) atoms. The molecule has 1 heterocycles. The van der Waals surface area contributed by atoms with Gasteiger partial charge in [0.05, 0.1) is 13.0 Å². The molecule has 1 atom stereocenters. The largest absolute Gasteiger partial charge is 0.469 e. The molecule has 0 saturated heterocycles. The molecule has 0 aliphatic rings. The molecule has 2 aromatic rings. The smallest absolute Gasteiger partial charge is 0.314 e. The Morgan fingerprint density at radius 3 is 2.78 bits per heavy atom. The molecule has 96 valence electrons. The number of aromatic amines is 1. The Morgan fingerprint density at radius 2 is 2.11 bits per heavy atom. The van der Waals surface area contributed by atoms with Crippen molar-refractivity contribution in [3.63, 3.8) is 0 Å². The Bertz CT molecular complexity index is 557. The molecule has 0 spiro atoms. The molecule has 3 nitrogen and oxygen atoms in total. The van der Waals surface area contributed by atoms with Crippen LogP contribution in [0.1, 0.15) is 37.4 Å². The topological polar surface area (TPSA) is 42.1 Å². The van der Waals surface area contributed by atoms with Crippen molar-refractivity contribution in [3.8, 4) is 0 Å². The Balaban J connectivity index is 2.55. The van der Waals surface area contributed by atoms with Crippen molar-refractivity contribution in [1.82, 2.24) is 4.98 Å². The summed E-state index contributed by atoms with van der Waals surface area (Å²) in [5.74, 6) is -0.442. The van der Waals surface area contributed by atoms with Crippen LogP contribution in [0.5, 0.6) is 0 Å². The summed E-state index contributed by atoms with van der Waals surface area (Å²) in [6, 6.07) is 8.18. The molecule has 0 fully saturated rings. The number of para-hydroxylation sites is 1. The van der Waals surface area contributed by atoms with Crippen molar-refractivity contribution >= 4 is 16.9 Å². The number of hydrogen-bond acceptors (Lipinski definition) is 2. The fourth-order valence-corrected chi connectivity index (χ4v) is 2.40. The molecule has 2 rings (SSSR count). The number of H-pyrrole nitrogens is 1. The van der Waals surface area contributed by atoms with Gasteiger partial charge in [-0.1, -0.05) is 31.5 Å². The SMILES string of the molecule is CCCc1c(C(C)C(=O)OC)[nH]c2ccccc12. The van der Waals surface area contributed by atoms with E-state index in [-0.39, 0.29) is 11.9 Å². The first-order valence-electron chi connectivity index (χ1n) is 6.36. The van der Waals surface area contributed by atoms with E-state index in [1.165, 1.54) is 18.1 Å². The summed E-state index contributed by atoms with van der Waals surface area (Å²) in [6.45, 7) is 4.03. The van der Waals surface area contributed by atoms with Gasteiger partial charge in [0.2, 0.25) is 0 Å². The van der Waals surface area contributed by atoms with Gasteiger partial charge >= 0.3 is 5.97 Å². The number of carbonyl (C=O) groups excluding carboxylic acids is 1. The maximum absolute atomic E-state index is 11.7. The minimum absolute atomic E-state index is 0.195. The lowest BCUT2D eigenvalue weighted by atomic mass is 9.99. The predicted octanol–water partition coefficient (Wildman–Crippen LogP) is 3.40. The van der Waals surface area contributed by atoms with Crippen LogP contribution in [0.25, 0.3) is 10.9 Å². The molecule has 1 N–H and O–H groups in total. The Morgan fingerprint density at radius 1 is 1.39 bits per heavy atom. The van der Waals surface area contributed by atoms with Crippen LogP contribution in [0.4, 0.5) is 0 Å². The predicted molar refractivity (Wildman–Crippen MR) is 72.7 cm³/mol. The molecule has 0 aliphatic heterocycles. The lowest BCUT2D eigenvalue weighted by Crippen LogP contribution is -2.12. The second kappa shape index (κ2) is 5.25. The normalized spacial score (nSPS) is 12.6. The zero-order chi connectivity index (χ0) is 13.1. The third-order valence-corrected chi connectivity index (χ3v) is 3.33. The van der Waals surface area contributed by atoms with Crippen molar-refractivity contribution in [2.45, 2.75) is 32.6 Å². The van der Waals surface area contributed by atoms with E-state index in [0.717, 1.165) is 24.1 Å². The summed E-state index contributed by atoms with van der Waals surface area (Å²) < 4.78 is 4.84. The Labute approximate surface area is 107 Å². The summed E-state index contributed by atoms with van der Waals surface area (Å²) in [5.41, 5.74) is 3.32. The molecular formula is C15H19NO2. The minimum Gasteiger partial charge on any atom is -0.469 e. The average molecular weight is 245 g/mol. The van der Waals surface area contributed by atoms with Crippen molar-refractivity contribution in [1.29, 1.82) is 0 Å². The van der Waals surface area contributed by atoms with E-state index in [0.29, 0.717) is 0 Å². The fourth-order valence-electron chi connectivity index (χ4n) is 2.40. The number of aromatic nitrogens is 1. The van der Waals surface area contributed by atoms with Crippen LogP contribution in [-0.2, 0) is 16.0 Å². The van der Waals surface area contributed by atoms with Gasteiger partial charge in [-0.05, 0) is 25.0 Å². The average Bonchev–Trinajstić information content (AvgIpc) is 2.76. The highest BCUT2D eigenvalue weighted by Crippen LogP contribution is 2.29. The van der Waals surface area contributed by atoms with Crippen LogP contribution in [0, 0.1) is 0 Å². The van der Waals surface area contributed by atoms with Crippen LogP contribution in [0.2, 0.25) is 0 Å². The third kappa shape index (κ3) is 2.13. The van der Waals surface area contributed by atoms with Gasteiger partial charge in [-0.25, -0.2) is 0 Å². The molecular weight excluding hydrogens is 226 g/mol. The fraction of sp³-hybridized carbons (Fsp3) is 0.400. The highest BCUT2D eigenvalue weighted by atomic mass is 16.5. The third-order valence-electron chi connectivity index (χ3n) is 3.33. The summed E-state index contributed by atoms with van der Waals surface area (Å²) in [6.07, 6.45) is 2.03. The van der Waals surface area contributed by atoms with E-state index in [9.17, 15) is 4.79 Å². The highest BCUT2D eigenvalue weighted by Gasteiger charge is 2.22. The number of nitrogens with one attached hydrogen (secondary N) is 1. The van der Waals surface area contributed by atoms with Gasteiger partial charge in [0.1, 0.15) is 0 Å². The second-order valence-corrected chi connectivity index (χ2v) is 4.56. The number of methoxy groups -OCH3 is 1. The zero-order valence-electron chi connectivity index (χ0n) is 11.1. The Kier molecular flexibility index (Phi) is 3.70. The molecule has 1 aromatic carbocycles. The van der Waals surface area contributed by atoms with Crippen molar-refractivity contribution in [3.05, 3.63) is 35.5 Å². The monoisotopic (exact) mass is 245 g/mol. The lowest BCUT2D eigenvalue weighted by molar-refractivity contribution is -0.142. The lowest BCUT2D eigenvalue weighted by Gasteiger charge is -2.10. The summed E-state index contributed by atoms with van der Waals surface area (Å²) in [5, 5.41) is 1.21. The van der Waals surface area contributed by atoms with E-state index in [1.54, 1.807) is 0 Å². The van der Waals surface area contributed by atoms with Gasteiger partial charge in [-0.3, -0.25) is 4.79 Å². The van der Waals surface area contributed by atoms with Gasteiger partial charge < -0.3 is 9.72 Å². The number of esters is 1. The van der Waals surface area contributed by atoms with Crippen LogP contribution in [0.3, 0.4) is 0 Å². The maximum Gasteiger partial charge on any atom is 0.314 e. The van der Waals surface area contributed by atoms with Crippen LogP contribution < -0.4 is 0 Å². The second-order valence-electron chi connectivity index (χ2n) is 4.56. The summed E-state index contributed by atoms with van der Waals surface area (Å²) >= 11 is 0. The van der Waals surface area contributed by atoms with E-state index in [1.807, 2.05) is 25.1 Å². The standard InChI is InChI=1S/C15H19NO2/c1-4-7-12-11-8-5-6-9-13(11)16-14(12)10(2)15(17)18-3/h5-6,8-10,16H,4,7H2,1-3H3. The van der Waals surface area contributed by atoms with Crippen molar-refractivity contribution in [2.24, 2.45) is 0 Å². The van der Waals surface area contributed by atoms with Crippen molar-refractivity contribution in [2.75, 3.05) is 7.11 Å². The Hall–Kier alpha value is -1.77. The molecule has 0 amide bonds. The number of hydrogen-bond donors (Lipinski definition) is 1. The van der Waals surface area contributed by atoms with Gasteiger partial charge in [-0.2, -0.15) is 0 Å². The van der Waals surface area contributed by atoms with Gasteiger partial charge in [0, 0.05) is 16.6 Å². The molecule has 1 unspecified atom stereocenters. The van der Waals surface area contributed by atoms with E-state index < -0.39 is 0 Å². The molecule has 3 heteroatoms. The van der Waals surface area contributed by atoms with Crippen molar-refractivity contribution < 1.29 is 9.53 Å². The molecule has 0 saturated carbocycles. The highest BCUT2D eigenvalue weighted by molar-refractivity contribution is 5.88. The van der Waals surface area contributed by atoms with Gasteiger partial charge in [-0.15, -0.1) is 0 Å².